The number of fused-ring (bicyclic) bond motifs is 1. The average molecular weight is 316 g/mol. The Balaban J connectivity index is 1.95. The van der Waals surface area contributed by atoms with Gasteiger partial charge in [0.1, 0.15) is 0 Å². The molecule has 1 aromatic heterocycles. The monoisotopic (exact) mass is 315 g/mol. The molecule has 0 fully saturated rings. The van der Waals surface area contributed by atoms with Gasteiger partial charge in [0, 0.05) is 15.7 Å². The molecule has 0 spiro atoms. The smallest absolute Gasteiger partial charge is 0.261 e. The third-order valence-electron chi connectivity index (χ3n) is 3.03. The molecule has 1 amide bonds. The van der Waals surface area contributed by atoms with Crippen molar-refractivity contribution in [2.75, 3.05) is 0 Å². The fraction of sp³-hybridized carbons (Fsp3) is 0.615. The summed E-state index contributed by atoms with van der Waals surface area (Å²) in [6, 6.07) is 2.29. The fourth-order valence-electron chi connectivity index (χ4n) is 2.28. The van der Waals surface area contributed by atoms with Gasteiger partial charge in [0.2, 0.25) is 0 Å². The van der Waals surface area contributed by atoms with Gasteiger partial charge in [-0.15, -0.1) is 11.3 Å². The first-order valence-electron chi connectivity index (χ1n) is 6.12. The quantitative estimate of drug-likeness (QED) is 0.846. The lowest BCUT2D eigenvalue weighted by atomic mass is 10.2. The van der Waals surface area contributed by atoms with Gasteiger partial charge in [-0.25, -0.2) is 0 Å². The van der Waals surface area contributed by atoms with Crippen LogP contribution in [0.25, 0.3) is 0 Å². The summed E-state index contributed by atoms with van der Waals surface area (Å²) in [5.41, 5.74) is 1.39. The van der Waals surface area contributed by atoms with E-state index in [1.807, 2.05) is 0 Å². The molecule has 0 aromatic carbocycles. The lowest BCUT2D eigenvalue weighted by Gasteiger charge is -2.14. The van der Waals surface area contributed by atoms with E-state index in [9.17, 15) is 4.79 Å². The zero-order valence-corrected chi connectivity index (χ0v) is 12.7. The molecular weight excluding hydrogens is 298 g/mol. The minimum Gasteiger partial charge on any atom is -0.349 e. The molecule has 2 atom stereocenters. The average Bonchev–Trinajstić information content (AvgIpc) is 2.73. The maximum absolute atomic E-state index is 12.0. The topological polar surface area (TPSA) is 29.1 Å². The van der Waals surface area contributed by atoms with Crippen LogP contribution in [-0.2, 0) is 12.8 Å². The normalized spacial score (nSPS) is 17.6. The van der Waals surface area contributed by atoms with Crippen LogP contribution in [-0.4, -0.2) is 16.8 Å². The summed E-state index contributed by atoms with van der Waals surface area (Å²) in [5.74, 6) is 0.0880. The van der Waals surface area contributed by atoms with E-state index in [1.54, 1.807) is 11.3 Å². The number of nitrogens with one attached hydrogen (secondary N) is 1. The third-order valence-corrected chi connectivity index (χ3v) is 4.64. The van der Waals surface area contributed by atoms with Crippen LogP contribution in [0.1, 0.15) is 46.8 Å². The van der Waals surface area contributed by atoms with Gasteiger partial charge in [-0.05, 0) is 44.2 Å². The van der Waals surface area contributed by atoms with E-state index in [4.69, 9.17) is 0 Å². The maximum atomic E-state index is 12.0. The molecule has 2 rings (SSSR count). The number of carbonyl (C=O) groups is 1. The molecule has 1 aliphatic carbocycles. The van der Waals surface area contributed by atoms with Crippen molar-refractivity contribution in [1.82, 2.24) is 5.32 Å². The van der Waals surface area contributed by atoms with E-state index >= 15 is 0 Å². The first-order valence-corrected chi connectivity index (χ1v) is 7.86. The van der Waals surface area contributed by atoms with Crippen molar-refractivity contribution in [3.8, 4) is 0 Å². The Morgan fingerprint density at radius 2 is 2.29 bits per heavy atom. The number of alkyl halides is 1. The van der Waals surface area contributed by atoms with Crippen LogP contribution in [0.3, 0.4) is 0 Å². The minimum absolute atomic E-state index is 0.0880. The van der Waals surface area contributed by atoms with Gasteiger partial charge < -0.3 is 5.32 Å². The molecule has 0 radical (unpaired) electrons. The van der Waals surface area contributed by atoms with Crippen LogP contribution in [0.4, 0.5) is 0 Å². The van der Waals surface area contributed by atoms with E-state index in [0.717, 1.165) is 24.1 Å². The Hall–Kier alpha value is -0.350. The van der Waals surface area contributed by atoms with Crippen molar-refractivity contribution >= 4 is 33.2 Å². The van der Waals surface area contributed by atoms with Gasteiger partial charge >= 0.3 is 0 Å². The Kier molecular flexibility index (Phi) is 4.26. The number of rotatable bonds is 4. The number of hydrogen-bond acceptors (Lipinski definition) is 2. The zero-order valence-electron chi connectivity index (χ0n) is 10.3. The highest BCUT2D eigenvalue weighted by Crippen LogP contribution is 2.30. The van der Waals surface area contributed by atoms with E-state index < -0.39 is 0 Å². The lowest BCUT2D eigenvalue weighted by molar-refractivity contribution is 0.0943. The van der Waals surface area contributed by atoms with Crippen LogP contribution in [0.15, 0.2) is 6.07 Å². The molecule has 1 N–H and O–H groups in total. The highest BCUT2D eigenvalue weighted by atomic mass is 79.9. The summed E-state index contributed by atoms with van der Waals surface area (Å²) in [6.45, 7) is 4.15. The Morgan fingerprint density at radius 3 is 2.94 bits per heavy atom. The second-order valence-corrected chi connectivity index (χ2v) is 7.50. The molecule has 0 aliphatic heterocycles. The number of halogens is 1. The molecule has 1 aromatic rings. The van der Waals surface area contributed by atoms with Crippen LogP contribution in [0.2, 0.25) is 0 Å². The summed E-state index contributed by atoms with van der Waals surface area (Å²) >= 11 is 5.18. The van der Waals surface area contributed by atoms with Crippen molar-refractivity contribution in [2.24, 2.45) is 0 Å². The van der Waals surface area contributed by atoms with Gasteiger partial charge in [-0.2, -0.15) is 0 Å². The molecule has 1 aliphatic rings. The first kappa shape index (κ1) is 13.1. The fourth-order valence-corrected chi connectivity index (χ4v) is 4.00. The summed E-state index contributed by atoms with van der Waals surface area (Å²) in [5, 5.41) is 3.06. The highest BCUT2D eigenvalue weighted by Gasteiger charge is 2.19. The predicted molar refractivity (Wildman–Crippen MR) is 76.3 cm³/mol. The molecule has 0 saturated heterocycles. The number of hydrogen-bond donors (Lipinski definition) is 1. The SMILES string of the molecule is CC(Br)CC(C)NC(=O)c1cc2c(s1)CCC2. The standard InChI is InChI=1S/C13H18BrNOS/c1-8(14)6-9(2)15-13(16)12-7-10-4-3-5-11(10)17-12/h7-9H,3-6H2,1-2H3,(H,15,16). The third kappa shape index (κ3) is 3.32. The van der Waals surface area contributed by atoms with Crippen molar-refractivity contribution in [2.45, 2.75) is 50.4 Å². The van der Waals surface area contributed by atoms with Crippen LogP contribution in [0, 0.1) is 0 Å². The van der Waals surface area contributed by atoms with Gasteiger partial charge in [0.25, 0.3) is 5.91 Å². The van der Waals surface area contributed by atoms with Crippen LogP contribution < -0.4 is 5.32 Å². The summed E-state index contributed by atoms with van der Waals surface area (Å²) in [6.07, 6.45) is 4.51. The summed E-state index contributed by atoms with van der Waals surface area (Å²) in [7, 11) is 0. The van der Waals surface area contributed by atoms with Crippen molar-refractivity contribution in [1.29, 1.82) is 0 Å². The zero-order chi connectivity index (χ0) is 12.4. The molecule has 1 heterocycles. The molecule has 2 nitrogen and oxygen atoms in total. The van der Waals surface area contributed by atoms with Gasteiger partial charge in [0.05, 0.1) is 4.88 Å². The Labute approximate surface area is 115 Å². The van der Waals surface area contributed by atoms with Crippen molar-refractivity contribution < 1.29 is 4.79 Å². The van der Waals surface area contributed by atoms with Crippen LogP contribution >= 0.6 is 27.3 Å². The van der Waals surface area contributed by atoms with E-state index in [2.05, 4.69) is 41.2 Å². The number of thiophene rings is 1. The molecule has 2 unspecified atom stereocenters. The summed E-state index contributed by atoms with van der Waals surface area (Å²) in [4.78, 5) is 14.8. The van der Waals surface area contributed by atoms with Crippen molar-refractivity contribution in [3.05, 3.63) is 21.4 Å². The van der Waals surface area contributed by atoms with Gasteiger partial charge in [0.15, 0.2) is 0 Å². The number of aryl methyl sites for hydroxylation is 2. The van der Waals surface area contributed by atoms with E-state index in [-0.39, 0.29) is 11.9 Å². The molecule has 0 saturated carbocycles. The highest BCUT2D eigenvalue weighted by molar-refractivity contribution is 9.09. The van der Waals surface area contributed by atoms with Crippen molar-refractivity contribution in [3.63, 3.8) is 0 Å². The largest absolute Gasteiger partial charge is 0.349 e. The van der Waals surface area contributed by atoms with Gasteiger partial charge in [-0.1, -0.05) is 22.9 Å². The van der Waals surface area contributed by atoms with Crippen LogP contribution in [0.5, 0.6) is 0 Å². The second kappa shape index (κ2) is 5.53. The lowest BCUT2D eigenvalue weighted by Crippen LogP contribution is -2.33. The second-order valence-electron chi connectivity index (χ2n) is 4.80. The number of amides is 1. The minimum atomic E-state index is 0.0880. The Morgan fingerprint density at radius 1 is 1.53 bits per heavy atom. The van der Waals surface area contributed by atoms with E-state index in [1.165, 1.54) is 16.9 Å². The van der Waals surface area contributed by atoms with E-state index in [0.29, 0.717) is 4.83 Å². The molecule has 94 valence electrons. The number of carbonyl (C=O) groups excluding carboxylic acids is 1. The Bertz CT molecular complexity index is 392. The molecule has 17 heavy (non-hydrogen) atoms. The molecule has 0 bridgehead atoms. The molecular formula is C13H18BrNOS. The maximum Gasteiger partial charge on any atom is 0.261 e. The van der Waals surface area contributed by atoms with Gasteiger partial charge in [-0.3, -0.25) is 4.79 Å². The first-order chi connectivity index (χ1) is 8.06. The molecule has 4 heteroatoms. The predicted octanol–water partition coefficient (Wildman–Crippen LogP) is 3.53. The summed E-state index contributed by atoms with van der Waals surface area (Å²) < 4.78 is 0.